The summed E-state index contributed by atoms with van der Waals surface area (Å²) >= 11 is 2.33. The van der Waals surface area contributed by atoms with Crippen LogP contribution in [0.2, 0.25) is 0 Å². The lowest BCUT2D eigenvalue weighted by atomic mass is 10.1. The molecule has 1 heterocycles. The average Bonchev–Trinajstić information content (AvgIpc) is 2.34. The van der Waals surface area contributed by atoms with E-state index in [-0.39, 0.29) is 0 Å². The van der Waals surface area contributed by atoms with Crippen molar-refractivity contribution in [3.05, 3.63) is 33.8 Å². The van der Waals surface area contributed by atoms with Crippen molar-refractivity contribution in [3.63, 3.8) is 0 Å². The summed E-state index contributed by atoms with van der Waals surface area (Å²) in [6, 6.07) is 4.34. The molecular weight excluding hydrogens is 249 g/mol. The second-order valence-electron chi connectivity index (χ2n) is 2.78. The summed E-state index contributed by atoms with van der Waals surface area (Å²) in [5.74, 6) is 0. The Balaban J connectivity index is 2.60. The Hall–Kier alpha value is -0.250. The highest BCUT2D eigenvalue weighted by molar-refractivity contribution is 14.1. The Bertz CT molecular complexity index is 294. The van der Waals surface area contributed by atoms with Crippen molar-refractivity contribution in [2.24, 2.45) is 0 Å². The Labute approximate surface area is 80.3 Å². The number of hydrogen-bond donors (Lipinski definition) is 1. The van der Waals surface area contributed by atoms with Crippen LogP contribution in [0.1, 0.15) is 11.1 Å². The van der Waals surface area contributed by atoms with Crippen molar-refractivity contribution in [1.82, 2.24) is 0 Å². The van der Waals surface area contributed by atoms with Crippen molar-refractivity contribution < 1.29 is 0 Å². The van der Waals surface area contributed by atoms with Crippen molar-refractivity contribution in [2.75, 3.05) is 11.9 Å². The molecule has 11 heavy (non-hydrogen) atoms. The van der Waals surface area contributed by atoms with E-state index in [0.717, 1.165) is 18.5 Å². The minimum Gasteiger partial charge on any atom is -0.384 e. The molecule has 0 bridgehead atoms. The van der Waals surface area contributed by atoms with Crippen LogP contribution < -0.4 is 5.32 Å². The van der Waals surface area contributed by atoms with E-state index >= 15 is 0 Å². The van der Waals surface area contributed by atoms with E-state index in [0.29, 0.717) is 0 Å². The monoisotopic (exact) mass is 258 g/mol. The zero-order valence-electron chi connectivity index (χ0n) is 6.15. The minimum absolute atomic E-state index is 1.07. The zero-order chi connectivity index (χ0) is 7.84. The molecule has 0 atom stereocenters. The number of halogens is 1. The lowest BCUT2D eigenvalue weighted by Crippen LogP contribution is -1.92. The molecule has 1 aromatic carbocycles. The molecule has 0 spiro atoms. The SMILES string of the molecule is [CH2]c1cc(I)cc2c1NCC2. The smallest absolute Gasteiger partial charge is 0.0406 e. The molecule has 2 heteroatoms. The number of anilines is 1. The second kappa shape index (κ2) is 2.66. The normalized spacial score (nSPS) is 14.4. The predicted molar refractivity (Wildman–Crippen MR) is 55.8 cm³/mol. The summed E-state index contributed by atoms with van der Waals surface area (Å²) in [5.41, 5.74) is 3.80. The Morgan fingerprint density at radius 1 is 1.45 bits per heavy atom. The summed E-state index contributed by atoms with van der Waals surface area (Å²) in [4.78, 5) is 0. The predicted octanol–water partition coefficient (Wildman–Crippen LogP) is 2.44. The summed E-state index contributed by atoms with van der Waals surface area (Å²) in [7, 11) is 0. The fraction of sp³-hybridized carbons (Fsp3) is 0.222. The van der Waals surface area contributed by atoms with E-state index in [1.807, 2.05) is 0 Å². The van der Waals surface area contributed by atoms with E-state index in [1.54, 1.807) is 0 Å². The zero-order valence-corrected chi connectivity index (χ0v) is 8.31. The maximum atomic E-state index is 3.99. The number of nitrogens with one attached hydrogen (secondary N) is 1. The van der Waals surface area contributed by atoms with Gasteiger partial charge in [0.2, 0.25) is 0 Å². The van der Waals surface area contributed by atoms with Gasteiger partial charge in [-0.2, -0.15) is 0 Å². The third-order valence-corrected chi connectivity index (χ3v) is 2.59. The largest absolute Gasteiger partial charge is 0.384 e. The molecular formula is C9H9IN. The molecule has 2 rings (SSSR count). The Morgan fingerprint density at radius 3 is 3.09 bits per heavy atom. The molecule has 1 N–H and O–H groups in total. The van der Waals surface area contributed by atoms with E-state index in [4.69, 9.17) is 0 Å². The standard InChI is InChI=1S/C9H9IN/c1-6-4-8(10)5-7-2-3-11-9(6)7/h4-5,11H,1-3H2. The first-order chi connectivity index (χ1) is 5.27. The Kier molecular flexibility index (Phi) is 1.79. The molecule has 0 fully saturated rings. The number of rotatable bonds is 0. The van der Waals surface area contributed by atoms with Crippen LogP contribution in [0.15, 0.2) is 12.1 Å². The molecule has 0 aliphatic carbocycles. The van der Waals surface area contributed by atoms with E-state index in [1.165, 1.54) is 14.8 Å². The first-order valence-electron chi connectivity index (χ1n) is 3.65. The van der Waals surface area contributed by atoms with Gasteiger partial charge >= 0.3 is 0 Å². The minimum atomic E-state index is 1.07. The topological polar surface area (TPSA) is 12.0 Å². The maximum Gasteiger partial charge on any atom is 0.0406 e. The molecule has 0 aromatic heterocycles. The molecule has 0 saturated carbocycles. The number of hydrogen-bond acceptors (Lipinski definition) is 1. The van der Waals surface area contributed by atoms with Crippen molar-refractivity contribution >= 4 is 28.3 Å². The molecule has 1 radical (unpaired) electrons. The number of fused-ring (bicyclic) bond motifs is 1. The van der Waals surface area contributed by atoms with Crippen LogP contribution in [0, 0.1) is 10.5 Å². The first-order valence-corrected chi connectivity index (χ1v) is 4.73. The third-order valence-electron chi connectivity index (χ3n) is 1.96. The summed E-state index contributed by atoms with van der Waals surface area (Å²) in [6.07, 6.45) is 1.15. The molecule has 1 aliphatic heterocycles. The molecule has 1 aromatic rings. The molecule has 0 unspecified atom stereocenters. The van der Waals surface area contributed by atoms with Crippen LogP contribution >= 0.6 is 22.6 Å². The van der Waals surface area contributed by atoms with Crippen molar-refractivity contribution in [1.29, 1.82) is 0 Å². The van der Waals surface area contributed by atoms with Crippen LogP contribution in [0.4, 0.5) is 5.69 Å². The summed E-state index contributed by atoms with van der Waals surface area (Å²) < 4.78 is 1.29. The lowest BCUT2D eigenvalue weighted by molar-refractivity contribution is 1.10. The summed E-state index contributed by atoms with van der Waals surface area (Å²) in [5, 5.41) is 3.33. The van der Waals surface area contributed by atoms with Crippen molar-refractivity contribution in [3.8, 4) is 0 Å². The third kappa shape index (κ3) is 1.24. The van der Waals surface area contributed by atoms with Gasteiger partial charge in [-0.3, -0.25) is 0 Å². The molecule has 1 nitrogen and oxygen atoms in total. The highest BCUT2D eigenvalue weighted by Crippen LogP contribution is 2.27. The maximum absolute atomic E-state index is 3.99. The molecule has 1 aliphatic rings. The van der Waals surface area contributed by atoms with Gasteiger partial charge < -0.3 is 5.32 Å². The van der Waals surface area contributed by atoms with Crippen molar-refractivity contribution in [2.45, 2.75) is 6.42 Å². The Morgan fingerprint density at radius 2 is 2.27 bits per heavy atom. The van der Waals surface area contributed by atoms with E-state index in [9.17, 15) is 0 Å². The van der Waals surface area contributed by atoms with Crippen LogP contribution in [0.25, 0.3) is 0 Å². The fourth-order valence-corrected chi connectivity index (χ4v) is 2.22. The van der Waals surface area contributed by atoms with Gasteiger partial charge in [-0.1, -0.05) is 0 Å². The summed E-state index contributed by atoms with van der Waals surface area (Å²) in [6.45, 7) is 5.05. The second-order valence-corrected chi connectivity index (χ2v) is 4.02. The first kappa shape index (κ1) is 7.40. The van der Waals surface area contributed by atoms with Gasteiger partial charge in [-0.05, 0) is 59.2 Å². The molecule has 57 valence electrons. The van der Waals surface area contributed by atoms with Gasteiger partial charge in [0, 0.05) is 15.8 Å². The van der Waals surface area contributed by atoms with Gasteiger partial charge in [0.1, 0.15) is 0 Å². The van der Waals surface area contributed by atoms with Gasteiger partial charge in [0.05, 0.1) is 0 Å². The highest BCUT2D eigenvalue weighted by atomic mass is 127. The average molecular weight is 258 g/mol. The van der Waals surface area contributed by atoms with Gasteiger partial charge in [0.25, 0.3) is 0 Å². The van der Waals surface area contributed by atoms with E-state index in [2.05, 4.69) is 47.0 Å². The van der Waals surface area contributed by atoms with Crippen LogP contribution in [-0.2, 0) is 6.42 Å². The quantitative estimate of drug-likeness (QED) is 0.705. The van der Waals surface area contributed by atoms with Gasteiger partial charge in [-0.25, -0.2) is 0 Å². The van der Waals surface area contributed by atoms with Crippen LogP contribution in [-0.4, -0.2) is 6.54 Å². The van der Waals surface area contributed by atoms with Gasteiger partial charge in [-0.15, -0.1) is 0 Å². The van der Waals surface area contributed by atoms with Crippen LogP contribution in [0.5, 0.6) is 0 Å². The van der Waals surface area contributed by atoms with E-state index < -0.39 is 0 Å². The van der Waals surface area contributed by atoms with Crippen LogP contribution in [0.3, 0.4) is 0 Å². The highest BCUT2D eigenvalue weighted by Gasteiger charge is 2.12. The lowest BCUT2D eigenvalue weighted by Gasteiger charge is -2.04. The number of benzene rings is 1. The fourth-order valence-electron chi connectivity index (χ4n) is 1.47. The van der Waals surface area contributed by atoms with Gasteiger partial charge in [0.15, 0.2) is 0 Å². The molecule has 0 amide bonds. The molecule has 0 saturated heterocycles.